The third-order valence-electron chi connectivity index (χ3n) is 0.839. The summed E-state index contributed by atoms with van der Waals surface area (Å²) in [6.07, 6.45) is 1.91. The maximum atomic E-state index is 9.64. The lowest BCUT2D eigenvalue weighted by Crippen LogP contribution is -2.05. The van der Waals surface area contributed by atoms with Crippen molar-refractivity contribution < 1.29 is 14.8 Å². The Bertz CT molecular complexity index is 97.4. The first-order chi connectivity index (χ1) is 5.68. The summed E-state index contributed by atoms with van der Waals surface area (Å²) in [4.78, 5) is 9.17. The average Bonchev–Trinajstić information content (AvgIpc) is 1.99. The Kier molecular flexibility index (Phi) is 15.0. The lowest BCUT2D eigenvalue weighted by atomic mass is 10.4. The molecule has 0 radical (unpaired) electrons. The van der Waals surface area contributed by atoms with Crippen molar-refractivity contribution in [2.75, 3.05) is 19.9 Å². The Balaban J connectivity index is 0. The predicted molar refractivity (Wildman–Crippen MR) is 45.5 cm³/mol. The summed E-state index contributed by atoms with van der Waals surface area (Å²) in [6, 6.07) is 0. The molecule has 0 aliphatic heterocycles. The number of ether oxygens (including phenoxy) is 1. The van der Waals surface area contributed by atoms with E-state index in [4.69, 9.17) is 5.11 Å². The Labute approximate surface area is 72.5 Å². The van der Waals surface area contributed by atoms with E-state index in [1.54, 1.807) is 6.92 Å². The highest BCUT2D eigenvalue weighted by molar-refractivity contribution is 4.27. The first kappa shape index (κ1) is 13.9. The molecule has 0 atom stereocenters. The van der Waals surface area contributed by atoms with E-state index >= 15 is 0 Å². The summed E-state index contributed by atoms with van der Waals surface area (Å²) in [5, 5.41) is 17.2. The number of hydrogen-bond acceptors (Lipinski definition) is 4. The zero-order chi connectivity index (χ0) is 9.82. The third kappa shape index (κ3) is 22.8. The molecule has 12 heavy (non-hydrogen) atoms. The molecule has 0 spiro atoms. The van der Waals surface area contributed by atoms with Crippen LogP contribution in [0.15, 0.2) is 0 Å². The van der Waals surface area contributed by atoms with Crippen molar-refractivity contribution in [3.63, 3.8) is 0 Å². The number of hydrogen-bond donors (Lipinski definition) is 1. The zero-order valence-electron chi connectivity index (χ0n) is 7.65. The van der Waals surface area contributed by atoms with Crippen LogP contribution in [0.25, 0.3) is 0 Å². The van der Waals surface area contributed by atoms with Crippen LogP contribution in [0.1, 0.15) is 26.7 Å². The molecule has 0 aromatic carbocycles. The molecule has 0 amide bonds. The minimum absolute atomic E-state index is 0.250. The molecular formula is C7H17NO4. The Morgan fingerprint density at radius 2 is 2.00 bits per heavy atom. The molecule has 0 aromatic rings. The van der Waals surface area contributed by atoms with Crippen molar-refractivity contribution in [3.05, 3.63) is 10.1 Å². The fraction of sp³-hybridized carbons (Fsp3) is 1.00. The van der Waals surface area contributed by atoms with Crippen molar-refractivity contribution in [2.24, 2.45) is 0 Å². The van der Waals surface area contributed by atoms with Gasteiger partial charge in [-0.25, -0.2) is 0 Å². The third-order valence-corrected chi connectivity index (χ3v) is 0.839. The van der Waals surface area contributed by atoms with Crippen LogP contribution in [0.3, 0.4) is 0 Å². The summed E-state index contributed by atoms with van der Waals surface area (Å²) in [7, 11) is 0. The second-order valence-electron chi connectivity index (χ2n) is 2.04. The van der Waals surface area contributed by atoms with E-state index in [1.165, 1.54) is 0 Å². The van der Waals surface area contributed by atoms with Gasteiger partial charge in [0.25, 0.3) is 0 Å². The van der Waals surface area contributed by atoms with Crippen LogP contribution in [-0.4, -0.2) is 30.0 Å². The van der Waals surface area contributed by atoms with E-state index in [2.05, 4.69) is 4.74 Å². The van der Waals surface area contributed by atoms with E-state index < -0.39 is 4.92 Å². The molecule has 0 rings (SSSR count). The lowest BCUT2D eigenvalue weighted by molar-refractivity contribution is -0.526. The molecule has 0 fully saturated rings. The van der Waals surface area contributed by atoms with Gasteiger partial charge in [0.15, 0.2) is 0 Å². The average molecular weight is 179 g/mol. The SMILES string of the molecule is CCCCOC[N+](=O)[O-].CCO. The van der Waals surface area contributed by atoms with Crippen molar-refractivity contribution in [2.45, 2.75) is 26.7 Å². The van der Waals surface area contributed by atoms with Gasteiger partial charge < -0.3 is 9.84 Å². The number of unbranched alkanes of at least 4 members (excludes halogenated alkanes) is 1. The van der Waals surface area contributed by atoms with Gasteiger partial charge in [0, 0.05) is 11.5 Å². The topological polar surface area (TPSA) is 72.6 Å². The molecule has 5 heteroatoms. The molecule has 0 saturated carbocycles. The molecule has 0 saturated heterocycles. The predicted octanol–water partition coefficient (Wildman–Crippen LogP) is 1.04. The number of nitrogens with zero attached hydrogens (tertiary/aromatic N) is 1. The highest BCUT2D eigenvalue weighted by Gasteiger charge is 1.92. The van der Waals surface area contributed by atoms with Gasteiger partial charge in [-0.05, 0) is 13.3 Å². The molecule has 0 unspecified atom stereocenters. The van der Waals surface area contributed by atoms with Gasteiger partial charge in [0.1, 0.15) is 0 Å². The first-order valence-corrected chi connectivity index (χ1v) is 3.99. The van der Waals surface area contributed by atoms with Crippen LogP contribution >= 0.6 is 0 Å². The van der Waals surface area contributed by atoms with E-state index in [0.717, 1.165) is 12.8 Å². The summed E-state index contributed by atoms with van der Waals surface area (Å²) in [6.45, 7) is 4.08. The van der Waals surface area contributed by atoms with Crippen LogP contribution < -0.4 is 0 Å². The fourth-order valence-corrected chi connectivity index (χ4v) is 0.385. The van der Waals surface area contributed by atoms with E-state index in [9.17, 15) is 10.1 Å². The Morgan fingerprint density at radius 1 is 1.50 bits per heavy atom. The van der Waals surface area contributed by atoms with Gasteiger partial charge in [-0.1, -0.05) is 13.3 Å². The van der Waals surface area contributed by atoms with Crippen molar-refractivity contribution >= 4 is 0 Å². The quantitative estimate of drug-likeness (QED) is 0.296. The standard InChI is InChI=1S/C5H11NO3.C2H6O/c1-2-3-4-9-5-6(7)8;1-2-3/h2-5H2,1H3;3H,2H2,1H3. The Hall–Kier alpha value is -0.680. The van der Waals surface area contributed by atoms with Crippen LogP contribution in [0.2, 0.25) is 0 Å². The van der Waals surface area contributed by atoms with Crippen molar-refractivity contribution in [3.8, 4) is 0 Å². The molecule has 0 aliphatic rings. The van der Waals surface area contributed by atoms with Crippen LogP contribution in [0.4, 0.5) is 0 Å². The minimum atomic E-state index is -0.477. The first-order valence-electron chi connectivity index (χ1n) is 3.99. The van der Waals surface area contributed by atoms with E-state index in [0.29, 0.717) is 6.61 Å². The van der Waals surface area contributed by atoms with E-state index in [-0.39, 0.29) is 13.3 Å². The second-order valence-corrected chi connectivity index (χ2v) is 2.04. The number of nitro groups is 1. The van der Waals surface area contributed by atoms with Gasteiger partial charge in [-0.3, -0.25) is 10.1 Å². The highest BCUT2D eigenvalue weighted by atomic mass is 16.7. The molecule has 0 heterocycles. The molecule has 5 nitrogen and oxygen atoms in total. The van der Waals surface area contributed by atoms with Crippen molar-refractivity contribution in [1.82, 2.24) is 0 Å². The number of aliphatic hydroxyl groups is 1. The Morgan fingerprint density at radius 3 is 2.33 bits per heavy atom. The van der Waals surface area contributed by atoms with Gasteiger partial charge >= 0.3 is 6.73 Å². The van der Waals surface area contributed by atoms with Gasteiger partial charge in [-0.2, -0.15) is 0 Å². The normalized spacial score (nSPS) is 8.58. The van der Waals surface area contributed by atoms with Crippen molar-refractivity contribution in [1.29, 1.82) is 0 Å². The lowest BCUT2D eigenvalue weighted by Gasteiger charge is -1.94. The second kappa shape index (κ2) is 12.9. The summed E-state index contributed by atoms with van der Waals surface area (Å²) in [5.74, 6) is 0. The molecule has 1 N–H and O–H groups in total. The maximum absolute atomic E-state index is 9.64. The summed E-state index contributed by atoms with van der Waals surface area (Å²) in [5.41, 5.74) is 0. The molecule has 0 aliphatic carbocycles. The van der Waals surface area contributed by atoms with Gasteiger partial charge in [-0.15, -0.1) is 0 Å². The number of aliphatic hydroxyl groups excluding tert-OH is 1. The smallest absolute Gasteiger partial charge is 0.306 e. The van der Waals surface area contributed by atoms with Crippen LogP contribution in [0, 0.1) is 10.1 Å². The maximum Gasteiger partial charge on any atom is 0.306 e. The highest BCUT2D eigenvalue weighted by Crippen LogP contribution is 1.86. The number of rotatable bonds is 5. The molecule has 74 valence electrons. The van der Waals surface area contributed by atoms with Crippen LogP contribution in [-0.2, 0) is 4.74 Å². The molecular weight excluding hydrogens is 162 g/mol. The fourth-order valence-electron chi connectivity index (χ4n) is 0.385. The monoisotopic (exact) mass is 179 g/mol. The summed E-state index contributed by atoms with van der Waals surface area (Å²) >= 11 is 0. The van der Waals surface area contributed by atoms with Crippen LogP contribution in [0.5, 0.6) is 0 Å². The molecule has 0 aromatic heterocycles. The van der Waals surface area contributed by atoms with E-state index in [1.807, 2.05) is 6.92 Å². The van der Waals surface area contributed by atoms with Gasteiger partial charge in [0.2, 0.25) is 0 Å². The largest absolute Gasteiger partial charge is 0.397 e. The summed E-state index contributed by atoms with van der Waals surface area (Å²) < 4.78 is 4.64. The molecule has 0 bridgehead atoms. The minimum Gasteiger partial charge on any atom is -0.397 e. The van der Waals surface area contributed by atoms with Gasteiger partial charge in [0.05, 0.1) is 6.61 Å². The zero-order valence-corrected chi connectivity index (χ0v) is 7.65.